The van der Waals surface area contributed by atoms with Crippen LogP contribution in [0.3, 0.4) is 0 Å². The minimum absolute atomic E-state index is 0.0698. The number of ether oxygens (including phenoxy) is 2. The van der Waals surface area contributed by atoms with Crippen molar-refractivity contribution >= 4 is 31.1 Å². The molecule has 0 bridgehead atoms. The molecule has 2 aromatic rings. The monoisotopic (exact) mass is 281 g/mol. The lowest BCUT2D eigenvalue weighted by Gasteiger charge is -2.11. The van der Waals surface area contributed by atoms with Gasteiger partial charge in [-0.25, -0.2) is 4.98 Å². The molecule has 0 N–H and O–H groups in total. The van der Waals surface area contributed by atoms with Gasteiger partial charge in [-0.1, -0.05) is 18.2 Å². The molecule has 0 fully saturated rings. The highest BCUT2D eigenvalue weighted by Crippen LogP contribution is 2.22. The average Bonchev–Trinajstić information content (AvgIpc) is 2.81. The first-order chi connectivity index (χ1) is 8.83. The first-order valence-corrected chi connectivity index (χ1v) is 8.87. The van der Waals surface area contributed by atoms with Crippen molar-refractivity contribution in [3.05, 3.63) is 29.3 Å². The van der Waals surface area contributed by atoms with Crippen LogP contribution in [0.5, 0.6) is 0 Å². The molecule has 2 rings (SSSR count). The molecular formula is C13H19NO2SSi. The van der Waals surface area contributed by atoms with Crippen LogP contribution in [0, 0.1) is 0 Å². The Morgan fingerprint density at radius 2 is 2.06 bits per heavy atom. The lowest BCUT2D eigenvalue weighted by molar-refractivity contribution is -0.0441. The van der Waals surface area contributed by atoms with Gasteiger partial charge in [0.15, 0.2) is 0 Å². The second-order valence-electron chi connectivity index (χ2n) is 4.22. The number of aryl methyl sites for hydroxylation is 1. The van der Waals surface area contributed by atoms with Crippen molar-refractivity contribution in [2.75, 3.05) is 14.2 Å². The molecule has 0 amide bonds. The van der Waals surface area contributed by atoms with Crippen molar-refractivity contribution in [3.63, 3.8) is 0 Å². The smallest absolute Gasteiger partial charge is 0.134 e. The van der Waals surface area contributed by atoms with Crippen LogP contribution in [0.1, 0.15) is 11.4 Å². The van der Waals surface area contributed by atoms with Gasteiger partial charge in [0.2, 0.25) is 0 Å². The maximum Gasteiger partial charge on any atom is 0.134 e. The number of fused-ring (bicyclic) bond motifs is 1. The molecule has 0 unspecified atom stereocenters. The standard InChI is InChI=1S/C13H19NO2SSi/c1-15-13(16-2)18-9-5-8-12-14-10-6-3-4-7-11(10)17-12/h3-4,6-7,13H,5,8-9,18H2,1-2H3. The molecular weight excluding hydrogens is 262 g/mol. The highest BCUT2D eigenvalue weighted by atomic mass is 32.1. The number of methoxy groups -OCH3 is 2. The molecule has 5 heteroatoms. The Bertz CT molecular complexity index is 452. The summed E-state index contributed by atoms with van der Waals surface area (Å²) >= 11 is 1.81. The molecule has 18 heavy (non-hydrogen) atoms. The highest BCUT2D eigenvalue weighted by molar-refractivity contribution is 7.18. The second kappa shape index (κ2) is 6.99. The predicted octanol–water partition coefficient (Wildman–Crippen LogP) is 2.39. The van der Waals surface area contributed by atoms with Gasteiger partial charge in [-0.2, -0.15) is 0 Å². The van der Waals surface area contributed by atoms with Crippen LogP contribution in [0.15, 0.2) is 24.3 Å². The molecule has 0 saturated carbocycles. The van der Waals surface area contributed by atoms with Gasteiger partial charge < -0.3 is 9.47 Å². The molecule has 0 aliphatic heterocycles. The van der Waals surface area contributed by atoms with E-state index in [2.05, 4.69) is 23.2 Å². The Balaban J connectivity index is 1.80. The largest absolute Gasteiger partial charge is 0.360 e. The first kappa shape index (κ1) is 13.7. The third kappa shape index (κ3) is 3.62. The average molecular weight is 281 g/mol. The van der Waals surface area contributed by atoms with Crippen LogP contribution in [0.2, 0.25) is 6.04 Å². The molecule has 1 aromatic heterocycles. The minimum Gasteiger partial charge on any atom is -0.360 e. The van der Waals surface area contributed by atoms with Gasteiger partial charge in [0, 0.05) is 14.2 Å². The predicted molar refractivity (Wildman–Crippen MR) is 79.1 cm³/mol. The number of nitrogens with zero attached hydrogens (tertiary/aromatic N) is 1. The van der Waals surface area contributed by atoms with E-state index in [1.165, 1.54) is 22.2 Å². The Morgan fingerprint density at radius 3 is 2.78 bits per heavy atom. The summed E-state index contributed by atoms with van der Waals surface area (Å²) in [6, 6.07) is 9.56. The summed E-state index contributed by atoms with van der Waals surface area (Å²) in [6.45, 7) is 0. The summed E-state index contributed by atoms with van der Waals surface area (Å²) in [6.07, 6.45) is 2.27. The van der Waals surface area contributed by atoms with Crippen LogP contribution in [-0.4, -0.2) is 34.6 Å². The maximum atomic E-state index is 5.23. The quantitative estimate of drug-likeness (QED) is 0.444. The molecule has 0 radical (unpaired) electrons. The summed E-state index contributed by atoms with van der Waals surface area (Å²) in [5, 5.41) is 1.25. The Kier molecular flexibility index (Phi) is 5.31. The first-order valence-electron chi connectivity index (χ1n) is 6.23. The fourth-order valence-electron chi connectivity index (χ4n) is 1.95. The summed E-state index contributed by atoms with van der Waals surface area (Å²) in [4.78, 5) is 4.64. The minimum atomic E-state index is -0.287. The summed E-state index contributed by atoms with van der Waals surface area (Å²) in [7, 11) is 3.15. The van der Waals surface area contributed by atoms with Gasteiger partial charge in [-0.3, -0.25) is 0 Å². The number of benzene rings is 1. The van der Waals surface area contributed by atoms with Crippen molar-refractivity contribution < 1.29 is 9.47 Å². The van der Waals surface area contributed by atoms with Crippen LogP contribution < -0.4 is 0 Å². The number of rotatable bonds is 7. The highest BCUT2D eigenvalue weighted by Gasteiger charge is 2.06. The van der Waals surface area contributed by atoms with E-state index in [1.807, 2.05) is 17.4 Å². The maximum absolute atomic E-state index is 5.23. The molecule has 0 aliphatic rings. The molecule has 1 aromatic carbocycles. The van der Waals surface area contributed by atoms with Crippen molar-refractivity contribution in [2.24, 2.45) is 0 Å². The topological polar surface area (TPSA) is 31.4 Å². The van der Waals surface area contributed by atoms with Crippen LogP contribution in [-0.2, 0) is 15.9 Å². The zero-order valence-electron chi connectivity index (χ0n) is 10.9. The van der Waals surface area contributed by atoms with Crippen LogP contribution >= 0.6 is 11.3 Å². The number of aromatic nitrogens is 1. The molecule has 3 nitrogen and oxygen atoms in total. The second-order valence-corrected chi connectivity index (χ2v) is 7.29. The zero-order chi connectivity index (χ0) is 12.8. The molecule has 0 saturated heterocycles. The van der Waals surface area contributed by atoms with Crippen LogP contribution in [0.25, 0.3) is 10.2 Å². The van der Waals surface area contributed by atoms with Crippen molar-refractivity contribution in [1.29, 1.82) is 0 Å². The SMILES string of the molecule is COC(OC)[SiH2]CCCc1nc2ccccc2s1. The summed E-state index contributed by atoms with van der Waals surface area (Å²) < 4.78 is 11.7. The van der Waals surface area contributed by atoms with E-state index < -0.39 is 0 Å². The van der Waals surface area contributed by atoms with E-state index in [-0.39, 0.29) is 15.4 Å². The van der Waals surface area contributed by atoms with Crippen molar-refractivity contribution in [3.8, 4) is 0 Å². The van der Waals surface area contributed by atoms with Crippen LogP contribution in [0.4, 0.5) is 0 Å². The molecule has 98 valence electrons. The third-order valence-electron chi connectivity index (χ3n) is 2.94. The fourth-order valence-corrected chi connectivity index (χ4v) is 4.30. The Hall–Kier alpha value is -0.753. The molecule has 0 aliphatic carbocycles. The molecule has 1 heterocycles. The van der Waals surface area contributed by atoms with Gasteiger partial charge in [0.25, 0.3) is 0 Å². The van der Waals surface area contributed by atoms with E-state index in [0.29, 0.717) is 0 Å². The van der Waals surface area contributed by atoms with E-state index in [9.17, 15) is 0 Å². The van der Waals surface area contributed by atoms with Gasteiger partial charge in [-0.05, 0) is 25.0 Å². The molecule has 0 spiro atoms. The van der Waals surface area contributed by atoms with Gasteiger partial charge in [-0.15, -0.1) is 11.3 Å². The van der Waals surface area contributed by atoms with E-state index >= 15 is 0 Å². The van der Waals surface area contributed by atoms with E-state index in [0.717, 1.165) is 11.9 Å². The molecule has 0 atom stereocenters. The normalized spacial score (nSPS) is 12.2. The van der Waals surface area contributed by atoms with Crippen molar-refractivity contribution in [1.82, 2.24) is 4.98 Å². The number of thiazole rings is 1. The number of hydrogen-bond donors (Lipinski definition) is 0. The lowest BCUT2D eigenvalue weighted by atomic mass is 10.3. The Morgan fingerprint density at radius 1 is 1.28 bits per heavy atom. The lowest BCUT2D eigenvalue weighted by Crippen LogP contribution is -2.21. The summed E-state index contributed by atoms with van der Waals surface area (Å²) in [5.74, 6) is 0.0698. The van der Waals surface area contributed by atoms with Gasteiger partial charge >= 0.3 is 0 Å². The van der Waals surface area contributed by atoms with Crippen molar-refractivity contribution in [2.45, 2.75) is 24.8 Å². The van der Waals surface area contributed by atoms with E-state index in [1.54, 1.807) is 14.2 Å². The van der Waals surface area contributed by atoms with E-state index in [4.69, 9.17) is 9.47 Å². The number of para-hydroxylation sites is 1. The zero-order valence-corrected chi connectivity index (χ0v) is 13.1. The summed E-state index contributed by atoms with van der Waals surface area (Å²) in [5.41, 5.74) is 1.13. The Labute approximate surface area is 114 Å². The van der Waals surface area contributed by atoms with Gasteiger partial charge in [0.05, 0.1) is 24.7 Å². The third-order valence-corrected chi connectivity index (χ3v) is 6.09. The fraction of sp³-hybridized carbons (Fsp3) is 0.462. The number of hydrogen-bond acceptors (Lipinski definition) is 4. The van der Waals surface area contributed by atoms with Gasteiger partial charge in [0.1, 0.15) is 5.91 Å².